The fraction of sp³-hybridized carbons (Fsp3) is 0.450. The zero-order valence-electron chi connectivity index (χ0n) is 16.4. The Morgan fingerprint density at radius 2 is 1.89 bits per heavy atom. The Labute approximate surface area is 175 Å². The maximum absolute atomic E-state index is 12.7. The molecule has 1 aromatic carbocycles. The van der Waals surface area contributed by atoms with E-state index < -0.39 is 5.97 Å². The van der Waals surface area contributed by atoms with Crippen molar-refractivity contribution in [3.05, 3.63) is 28.7 Å². The third-order valence-corrected chi connectivity index (χ3v) is 5.16. The van der Waals surface area contributed by atoms with Gasteiger partial charge in [-0.1, -0.05) is 43.4 Å². The highest BCUT2D eigenvalue weighted by atomic mass is 32.2. The number of hydrogen-bond acceptors (Lipinski definition) is 7. The van der Waals surface area contributed by atoms with E-state index in [9.17, 15) is 9.59 Å². The van der Waals surface area contributed by atoms with Crippen molar-refractivity contribution in [2.75, 3.05) is 26.4 Å². The molecule has 8 heteroatoms. The molecule has 0 aromatic heterocycles. The second kappa shape index (κ2) is 11.1. The predicted octanol–water partition coefficient (Wildman–Crippen LogP) is 4.03. The predicted molar refractivity (Wildman–Crippen MR) is 115 cm³/mol. The molecule has 0 saturated carbocycles. The molecule has 6 nitrogen and oxygen atoms in total. The molecule has 0 spiro atoms. The summed E-state index contributed by atoms with van der Waals surface area (Å²) < 4.78 is 16.6. The van der Waals surface area contributed by atoms with Crippen LogP contribution in [0.15, 0.2) is 23.1 Å². The molecule has 0 radical (unpaired) electrons. The summed E-state index contributed by atoms with van der Waals surface area (Å²) in [6.45, 7) is 7.04. The minimum absolute atomic E-state index is 0.167. The van der Waals surface area contributed by atoms with Gasteiger partial charge in [0.25, 0.3) is 5.91 Å². The molecule has 1 amide bonds. The fourth-order valence-corrected chi connectivity index (χ4v) is 3.71. The van der Waals surface area contributed by atoms with Gasteiger partial charge in [0.1, 0.15) is 10.9 Å². The Kier molecular flexibility index (Phi) is 8.79. The second-order valence-corrected chi connectivity index (χ2v) is 7.59. The van der Waals surface area contributed by atoms with Crippen molar-refractivity contribution in [3.63, 3.8) is 0 Å². The van der Waals surface area contributed by atoms with Crippen LogP contribution in [0.4, 0.5) is 0 Å². The number of ether oxygens (including phenoxy) is 3. The maximum Gasteiger partial charge on any atom is 0.326 e. The average Bonchev–Trinajstić information content (AvgIpc) is 2.92. The number of esters is 1. The number of thiocarbonyl (C=S) groups is 1. The van der Waals surface area contributed by atoms with Crippen LogP contribution in [0.3, 0.4) is 0 Å². The van der Waals surface area contributed by atoms with Crippen molar-refractivity contribution in [3.8, 4) is 11.5 Å². The number of hydrogen-bond donors (Lipinski definition) is 0. The summed E-state index contributed by atoms with van der Waals surface area (Å²) in [6.07, 6.45) is 3.47. The average molecular weight is 424 g/mol. The maximum atomic E-state index is 12.7. The lowest BCUT2D eigenvalue weighted by Gasteiger charge is -2.13. The van der Waals surface area contributed by atoms with Crippen LogP contribution in [0, 0.1) is 0 Å². The highest BCUT2D eigenvalue weighted by Crippen LogP contribution is 2.34. The van der Waals surface area contributed by atoms with Gasteiger partial charge < -0.3 is 14.2 Å². The first-order valence-electron chi connectivity index (χ1n) is 9.30. The molecule has 1 heterocycles. The van der Waals surface area contributed by atoms with Crippen molar-refractivity contribution >= 4 is 46.3 Å². The van der Waals surface area contributed by atoms with E-state index in [0.717, 1.165) is 18.4 Å². The first-order chi connectivity index (χ1) is 13.5. The lowest BCUT2D eigenvalue weighted by Crippen LogP contribution is -2.34. The van der Waals surface area contributed by atoms with Gasteiger partial charge in [-0.15, -0.1) is 0 Å². The summed E-state index contributed by atoms with van der Waals surface area (Å²) >= 11 is 6.43. The number of carbonyl (C=O) groups is 2. The molecular weight excluding hydrogens is 398 g/mol. The Morgan fingerprint density at radius 3 is 2.57 bits per heavy atom. The standard InChI is InChI=1S/C20H25NO5S2/c1-4-7-10-26-18(22)13-21-19(23)17(28-20(21)27)12-14-8-9-15(24-5-2)16(11-14)25-6-3/h8-9,11-12H,4-7,10,13H2,1-3H3/b17-12-. The van der Waals surface area contributed by atoms with Crippen molar-refractivity contribution < 1.29 is 23.8 Å². The zero-order chi connectivity index (χ0) is 20.5. The highest BCUT2D eigenvalue weighted by molar-refractivity contribution is 8.26. The molecule has 152 valence electrons. The Morgan fingerprint density at radius 1 is 1.18 bits per heavy atom. The van der Waals surface area contributed by atoms with Gasteiger partial charge in [0.05, 0.1) is 24.7 Å². The summed E-state index contributed by atoms with van der Waals surface area (Å²) in [7, 11) is 0. The van der Waals surface area contributed by atoms with Gasteiger partial charge in [0.15, 0.2) is 11.5 Å². The van der Waals surface area contributed by atoms with Gasteiger partial charge in [-0.2, -0.15) is 0 Å². The van der Waals surface area contributed by atoms with Gasteiger partial charge in [-0.25, -0.2) is 0 Å². The van der Waals surface area contributed by atoms with E-state index in [1.54, 1.807) is 6.08 Å². The van der Waals surface area contributed by atoms with Gasteiger partial charge in [0.2, 0.25) is 0 Å². The van der Waals surface area contributed by atoms with Crippen molar-refractivity contribution in [1.82, 2.24) is 4.90 Å². The van der Waals surface area contributed by atoms with E-state index in [-0.39, 0.29) is 12.5 Å². The number of nitrogens with zero attached hydrogens (tertiary/aromatic N) is 1. The van der Waals surface area contributed by atoms with E-state index in [0.29, 0.717) is 40.5 Å². The van der Waals surface area contributed by atoms with E-state index >= 15 is 0 Å². The summed E-state index contributed by atoms with van der Waals surface area (Å²) in [4.78, 5) is 26.3. The Balaban J connectivity index is 2.12. The molecule has 2 rings (SSSR count). The number of amides is 1. The van der Waals surface area contributed by atoms with E-state index in [4.69, 9.17) is 26.4 Å². The summed E-state index contributed by atoms with van der Waals surface area (Å²) in [5.41, 5.74) is 0.790. The fourth-order valence-electron chi connectivity index (χ4n) is 2.45. The first kappa shape index (κ1) is 22.2. The molecule has 1 aliphatic rings. The van der Waals surface area contributed by atoms with Crippen molar-refractivity contribution in [2.24, 2.45) is 0 Å². The van der Waals surface area contributed by atoms with Gasteiger partial charge in [-0.3, -0.25) is 14.5 Å². The first-order valence-corrected chi connectivity index (χ1v) is 10.5. The van der Waals surface area contributed by atoms with Gasteiger partial charge in [0, 0.05) is 0 Å². The van der Waals surface area contributed by atoms with Crippen LogP contribution >= 0.6 is 24.0 Å². The van der Waals surface area contributed by atoms with E-state index in [1.165, 1.54) is 16.7 Å². The van der Waals surface area contributed by atoms with Gasteiger partial charge in [-0.05, 0) is 44.0 Å². The van der Waals surface area contributed by atoms with Crippen LogP contribution < -0.4 is 9.47 Å². The Bertz CT molecular complexity index is 763. The summed E-state index contributed by atoms with van der Waals surface area (Å²) in [5.74, 6) is 0.525. The van der Waals surface area contributed by atoms with E-state index in [2.05, 4.69) is 0 Å². The van der Waals surface area contributed by atoms with Crippen LogP contribution in [0.1, 0.15) is 39.2 Å². The highest BCUT2D eigenvalue weighted by Gasteiger charge is 2.33. The quantitative estimate of drug-likeness (QED) is 0.244. The molecular formula is C20H25NO5S2. The minimum atomic E-state index is -0.453. The molecule has 0 N–H and O–H groups in total. The molecule has 0 bridgehead atoms. The van der Waals surface area contributed by atoms with Crippen LogP contribution in [-0.4, -0.2) is 47.5 Å². The van der Waals surface area contributed by atoms with E-state index in [1.807, 2.05) is 39.0 Å². The lowest BCUT2D eigenvalue weighted by molar-refractivity contribution is -0.146. The molecule has 0 unspecified atom stereocenters. The molecule has 1 fully saturated rings. The topological polar surface area (TPSA) is 65.1 Å². The summed E-state index contributed by atoms with van der Waals surface area (Å²) in [5, 5.41) is 0. The number of unbranched alkanes of at least 4 members (excludes halogenated alkanes) is 1. The third-order valence-electron chi connectivity index (χ3n) is 3.79. The molecule has 0 atom stereocenters. The number of thioether (sulfide) groups is 1. The monoisotopic (exact) mass is 423 g/mol. The minimum Gasteiger partial charge on any atom is -0.490 e. The molecule has 1 aromatic rings. The SMILES string of the molecule is CCCCOC(=O)CN1C(=O)/C(=C/c2ccc(OCC)c(OCC)c2)SC1=S. The largest absolute Gasteiger partial charge is 0.490 e. The van der Waals surface area contributed by atoms with Crippen LogP contribution in [0.25, 0.3) is 6.08 Å². The Hall–Kier alpha value is -2.06. The van der Waals surface area contributed by atoms with Crippen molar-refractivity contribution in [1.29, 1.82) is 0 Å². The molecule has 1 saturated heterocycles. The van der Waals surface area contributed by atoms with Crippen molar-refractivity contribution in [2.45, 2.75) is 33.6 Å². The number of rotatable bonds is 10. The molecule has 0 aliphatic carbocycles. The number of benzene rings is 1. The zero-order valence-corrected chi connectivity index (χ0v) is 18.0. The molecule has 1 aliphatic heterocycles. The van der Waals surface area contributed by atoms with Gasteiger partial charge >= 0.3 is 5.97 Å². The van der Waals surface area contributed by atoms with Crippen LogP contribution in [-0.2, 0) is 14.3 Å². The molecule has 28 heavy (non-hydrogen) atoms. The lowest BCUT2D eigenvalue weighted by atomic mass is 10.2. The number of carbonyl (C=O) groups excluding carboxylic acids is 2. The summed E-state index contributed by atoms with van der Waals surface area (Å²) in [6, 6.07) is 5.48. The second-order valence-electron chi connectivity index (χ2n) is 5.91. The normalized spacial score (nSPS) is 15.2. The van der Waals surface area contributed by atoms with Crippen LogP contribution in [0.2, 0.25) is 0 Å². The van der Waals surface area contributed by atoms with Crippen LogP contribution in [0.5, 0.6) is 11.5 Å². The smallest absolute Gasteiger partial charge is 0.326 e. The third kappa shape index (κ3) is 5.97.